The lowest BCUT2D eigenvalue weighted by Gasteiger charge is -2.25. The molecule has 0 saturated carbocycles. The summed E-state index contributed by atoms with van der Waals surface area (Å²) in [7, 11) is 0. The highest BCUT2D eigenvalue weighted by molar-refractivity contribution is 7.18. The maximum Gasteiger partial charge on any atom is 0.146 e. The van der Waals surface area contributed by atoms with Crippen molar-refractivity contribution in [3.63, 3.8) is 0 Å². The molecular weight excluding hydrogens is 386 g/mol. The SMILES string of the molecule is Cc1noc(C)c1CCCNc1nc(CN2CCOCC2)nc2sc(C)c(C)c12. The Morgan fingerprint density at radius 2 is 1.90 bits per heavy atom. The van der Waals surface area contributed by atoms with Gasteiger partial charge in [0.2, 0.25) is 0 Å². The number of ether oxygens (including phenoxy) is 1. The fourth-order valence-electron chi connectivity index (χ4n) is 3.78. The van der Waals surface area contributed by atoms with Crippen LogP contribution in [0.1, 0.15) is 39.7 Å². The van der Waals surface area contributed by atoms with E-state index >= 15 is 0 Å². The van der Waals surface area contributed by atoms with Gasteiger partial charge < -0.3 is 14.6 Å². The molecule has 4 rings (SSSR count). The van der Waals surface area contributed by atoms with Crippen molar-refractivity contribution in [2.24, 2.45) is 0 Å². The molecule has 3 aromatic heterocycles. The first-order valence-corrected chi connectivity index (χ1v) is 11.1. The standard InChI is InChI=1S/C21H29N5O2S/c1-13-16(4)29-21-19(13)20(22-7-5-6-17-14(2)25-28-15(17)3)23-18(24-21)12-26-8-10-27-11-9-26/h5-12H2,1-4H3,(H,22,23,24). The number of nitrogens with one attached hydrogen (secondary N) is 1. The first-order valence-electron chi connectivity index (χ1n) is 10.2. The Morgan fingerprint density at radius 1 is 1.10 bits per heavy atom. The average Bonchev–Trinajstić information content (AvgIpc) is 3.18. The van der Waals surface area contributed by atoms with E-state index in [9.17, 15) is 0 Å². The number of fused-ring (bicyclic) bond motifs is 1. The lowest BCUT2D eigenvalue weighted by atomic mass is 10.1. The van der Waals surface area contributed by atoms with Gasteiger partial charge in [-0.3, -0.25) is 4.90 Å². The highest BCUT2D eigenvalue weighted by atomic mass is 32.1. The molecule has 0 bridgehead atoms. The minimum Gasteiger partial charge on any atom is -0.379 e. The van der Waals surface area contributed by atoms with Crippen molar-refractivity contribution in [1.82, 2.24) is 20.0 Å². The molecule has 8 heteroatoms. The van der Waals surface area contributed by atoms with E-state index < -0.39 is 0 Å². The molecule has 0 radical (unpaired) electrons. The normalized spacial score (nSPS) is 15.3. The zero-order valence-electron chi connectivity index (χ0n) is 17.7. The number of aryl methyl sites for hydroxylation is 4. The smallest absolute Gasteiger partial charge is 0.146 e. The van der Waals surface area contributed by atoms with Gasteiger partial charge in [0.15, 0.2) is 0 Å². The fourth-order valence-corrected chi connectivity index (χ4v) is 4.83. The summed E-state index contributed by atoms with van der Waals surface area (Å²) >= 11 is 1.76. The Kier molecular flexibility index (Phi) is 6.12. The molecule has 1 N–H and O–H groups in total. The first kappa shape index (κ1) is 20.3. The predicted molar refractivity (Wildman–Crippen MR) is 116 cm³/mol. The van der Waals surface area contributed by atoms with E-state index in [0.717, 1.165) is 85.5 Å². The van der Waals surface area contributed by atoms with Crippen LogP contribution < -0.4 is 5.32 Å². The summed E-state index contributed by atoms with van der Waals surface area (Å²) in [5, 5.41) is 8.79. The molecular formula is C21H29N5O2S. The second-order valence-corrected chi connectivity index (χ2v) is 8.88. The maximum atomic E-state index is 5.46. The van der Waals surface area contributed by atoms with Crippen molar-refractivity contribution in [1.29, 1.82) is 0 Å². The van der Waals surface area contributed by atoms with E-state index in [0.29, 0.717) is 0 Å². The minimum absolute atomic E-state index is 0.767. The monoisotopic (exact) mass is 415 g/mol. The number of nitrogens with zero attached hydrogens (tertiary/aromatic N) is 4. The predicted octanol–water partition coefficient (Wildman–Crippen LogP) is 3.79. The van der Waals surface area contributed by atoms with Crippen molar-refractivity contribution < 1.29 is 9.26 Å². The van der Waals surface area contributed by atoms with Gasteiger partial charge in [-0.1, -0.05) is 5.16 Å². The summed E-state index contributed by atoms with van der Waals surface area (Å²) in [6.07, 6.45) is 1.94. The molecule has 0 spiro atoms. The topological polar surface area (TPSA) is 76.3 Å². The van der Waals surface area contributed by atoms with Crippen molar-refractivity contribution in [2.45, 2.75) is 47.1 Å². The number of morpholine rings is 1. The van der Waals surface area contributed by atoms with Crippen LogP contribution in [0.25, 0.3) is 10.2 Å². The Balaban J connectivity index is 1.50. The average molecular weight is 416 g/mol. The van der Waals surface area contributed by atoms with Gasteiger partial charge in [-0.2, -0.15) is 0 Å². The number of aromatic nitrogens is 3. The summed E-state index contributed by atoms with van der Waals surface area (Å²) in [5.74, 6) is 2.76. The first-order chi connectivity index (χ1) is 14.0. The van der Waals surface area contributed by atoms with Crippen LogP contribution in [0.3, 0.4) is 0 Å². The van der Waals surface area contributed by atoms with Crippen LogP contribution in [0.5, 0.6) is 0 Å². The van der Waals surface area contributed by atoms with Crippen LogP contribution in [0, 0.1) is 27.7 Å². The van der Waals surface area contributed by atoms with Gasteiger partial charge in [0.1, 0.15) is 22.2 Å². The van der Waals surface area contributed by atoms with E-state index in [1.807, 2.05) is 13.8 Å². The summed E-state index contributed by atoms with van der Waals surface area (Å²) in [5.41, 5.74) is 3.48. The summed E-state index contributed by atoms with van der Waals surface area (Å²) < 4.78 is 10.7. The van der Waals surface area contributed by atoms with E-state index in [-0.39, 0.29) is 0 Å². The largest absolute Gasteiger partial charge is 0.379 e. The summed E-state index contributed by atoms with van der Waals surface area (Å²) in [4.78, 5) is 14.5. The Hall–Kier alpha value is -2.03. The third-order valence-electron chi connectivity index (χ3n) is 5.62. The minimum atomic E-state index is 0.767. The summed E-state index contributed by atoms with van der Waals surface area (Å²) in [6.45, 7) is 13.4. The molecule has 156 valence electrons. The van der Waals surface area contributed by atoms with Gasteiger partial charge in [-0.25, -0.2) is 9.97 Å². The lowest BCUT2D eigenvalue weighted by Crippen LogP contribution is -2.36. The third-order valence-corrected chi connectivity index (χ3v) is 6.72. The number of rotatable bonds is 7. The lowest BCUT2D eigenvalue weighted by molar-refractivity contribution is 0.0331. The van der Waals surface area contributed by atoms with Crippen molar-refractivity contribution in [3.8, 4) is 0 Å². The fraction of sp³-hybridized carbons (Fsp3) is 0.571. The second-order valence-electron chi connectivity index (χ2n) is 7.67. The molecule has 1 saturated heterocycles. The molecule has 29 heavy (non-hydrogen) atoms. The van der Waals surface area contributed by atoms with E-state index in [2.05, 4.69) is 29.2 Å². The van der Waals surface area contributed by atoms with Crippen molar-refractivity contribution >= 4 is 27.4 Å². The van der Waals surface area contributed by atoms with Gasteiger partial charge in [0, 0.05) is 30.1 Å². The van der Waals surface area contributed by atoms with Gasteiger partial charge in [-0.15, -0.1) is 11.3 Å². The number of hydrogen-bond donors (Lipinski definition) is 1. The van der Waals surface area contributed by atoms with Gasteiger partial charge >= 0.3 is 0 Å². The molecule has 4 heterocycles. The molecule has 0 aliphatic carbocycles. The molecule has 0 aromatic carbocycles. The van der Waals surface area contributed by atoms with Crippen molar-refractivity contribution in [3.05, 3.63) is 33.3 Å². The van der Waals surface area contributed by atoms with Crippen LogP contribution >= 0.6 is 11.3 Å². The van der Waals surface area contributed by atoms with E-state index in [1.54, 1.807) is 11.3 Å². The molecule has 0 amide bonds. The molecule has 0 atom stereocenters. The van der Waals surface area contributed by atoms with Gasteiger partial charge in [0.05, 0.1) is 30.8 Å². The molecule has 7 nitrogen and oxygen atoms in total. The Bertz CT molecular complexity index is 971. The zero-order chi connectivity index (χ0) is 20.4. The zero-order valence-corrected chi connectivity index (χ0v) is 18.5. The van der Waals surface area contributed by atoms with Gasteiger partial charge in [0.25, 0.3) is 0 Å². The van der Waals surface area contributed by atoms with Crippen molar-refractivity contribution in [2.75, 3.05) is 38.2 Å². The second kappa shape index (κ2) is 8.77. The Labute approximate surface area is 175 Å². The number of anilines is 1. The van der Waals surface area contributed by atoms with Crippen LogP contribution in [0.4, 0.5) is 5.82 Å². The van der Waals surface area contributed by atoms with E-state index in [1.165, 1.54) is 16.0 Å². The van der Waals surface area contributed by atoms with E-state index in [4.69, 9.17) is 19.2 Å². The van der Waals surface area contributed by atoms with Crippen LogP contribution in [-0.4, -0.2) is 52.9 Å². The molecule has 0 unspecified atom stereocenters. The quantitative estimate of drug-likeness (QED) is 0.588. The van der Waals surface area contributed by atoms with Gasteiger partial charge in [-0.05, 0) is 46.1 Å². The Morgan fingerprint density at radius 3 is 2.62 bits per heavy atom. The van der Waals surface area contributed by atoms with Crippen LogP contribution in [0.2, 0.25) is 0 Å². The highest BCUT2D eigenvalue weighted by Crippen LogP contribution is 2.33. The maximum absolute atomic E-state index is 5.46. The molecule has 1 aliphatic heterocycles. The highest BCUT2D eigenvalue weighted by Gasteiger charge is 2.17. The number of hydrogen-bond acceptors (Lipinski definition) is 8. The molecule has 1 aliphatic rings. The number of thiophene rings is 1. The molecule has 1 fully saturated rings. The summed E-state index contributed by atoms with van der Waals surface area (Å²) in [6, 6.07) is 0. The van der Waals surface area contributed by atoms with Crippen LogP contribution in [-0.2, 0) is 17.7 Å². The molecule has 3 aromatic rings. The third kappa shape index (κ3) is 4.44. The van der Waals surface area contributed by atoms with Crippen LogP contribution in [0.15, 0.2) is 4.52 Å².